The Kier molecular flexibility index (Phi) is 4.43. The van der Waals surface area contributed by atoms with E-state index in [2.05, 4.69) is 32.4 Å². The quantitative estimate of drug-likeness (QED) is 0.869. The van der Waals surface area contributed by atoms with Gasteiger partial charge in [0.05, 0.1) is 0 Å². The van der Waals surface area contributed by atoms with E-state index >= 15 is 0 Å². The number of amides is 1. The second-order valence-corrected chi connectivity index (χ2v) is 8.26. The minimum atomic E-state index is 0.357. The highest BCUT2D eigenvalue weighted by molar-refractivity contribution is 7.07. The zero-order valence-corrected chi connectivity index (χ0v) is 14.5. The van der Waals surface area contributed by atoms with Gasteiger partial charge in [-0.1, -0.05) is 0 Å². The first-order valence-electron chi connectivity index (χ1n) is 9.01. The molecule has 23 heavy (non-hydrogen) atoms. The molecule has 2 atom stereocenters. The number of thiophene rings is 1. The third kappa shape index (κ3) is 3.32. The van der Waals surface area contributed by atoms with Crippen LogP contribution in [0.1, 0.15) is 44.1 Å². The Morgan fingerprint density at radius 2 is 2.22 bits per heavy atom. The summed E-state index contributed by atoms with van der Waals surface area (Å²) in [6, 6.07) is 3.03. The van der Waals surface area contributed by atoms with Gasteiger partial charge in [-0.05, 0) is 79.5 Å². The monoisotopic (exact) mass is 333 g/mol. The van der Waals surface area contributed by atoms with Gasteiger partial charge in [0.25, 0.3) is 0 Å². The molecular formula is C18H27N3OS. The van der Waals surface area contributed by atoms with Crippen LogP contribution >= 0.6 is 11.3 Å². The van der Waals surface area contributed by atoms with E-state index in [1.165, 1.54) is 31.2 Å². The van der Waals surface area contributed by atoms with Gasteiger partial charge in [0.15, 0.2) is 0 Å². The summed E-state index contributed by atoms with van der Waals surface area (Å²) in [5.74, 6) is 0.357. The molecule has 4 rings (SSSR count). The van der Waals surface area contributed by atoms with E-state index in [1.54, 1.807) is 11.3 Å². The Bertz CT molecular complexity index is 532. The molecular weight excluding hydrogens is 306 g/mol. The summed E-state index contributed by atoms with van der Waals surface area (Å²) in [6.07, 6.45) is 6.70. The fraction of sp³-hybridized carbons (Fsp3) is 0.722. The lowest BCUT2D eigenvalue weighted by atomic mass is 9.93. The second kappa shape index (κ2) is 6.54. The van der Waals surface area contributed by atoms with E-state index in [0.29, 0.717) is 29.8 Å². The number of rotatable bonds is 5. The molecule has 0 aromatic carbocycles. The van der Waals surface area contributed by atoms with Crippen LogP contribution in [0.5, 0.6) is 0 Å². The van der Waals surface area contributed by atoms with E-state index in [9.17, 15) is 4.79 Å². The van der Waals surface area contributed by atoms with Crippen LogP contribution < -0.4 is 10.6 Å². The standard InChI is InChI=1S/C18H27N3OS/c22-17(10-15-2-1-6-20-15)21(12-14-3-9-23-13-14)16-11-18(16)4-7-19-8-5-18/h3,9,13,15-16,19-20H,1-2,4-8,10-12H2. The minimum Gasteiger partial charge on any atom is -0.335 e. The maximum Gasteiger partial charge on any atom is 0.224 e. The van der Waals surface area contributed by atoms with E-state index in [4.69, 9.17) is 0 Å². The summed E-state index contributed by atoms with van der Waals surface area (Å²) in [7, 11) is 0. The molecule has 3 heterocycles. The topological polar surface area (TPSA) is 44.4 Å². The van der Waals surface area contributed by atoms with Crippen molar-refractivity contribution in [2.75, 3.05) is 19.6 Å². The number of hydrogen-bond acceptors (Lipinski definition) is 4. The van der Waals surface area contributed by atoms with Crippen molar-refractivity contribution in [2.45, 2.75) is 57.2 Å². The molecule has 1 aromatic heterocycles. The van der Waals surface area contributed by atoms with Gasteiger partial charge in [0.1, 0.15) is 0 Å². The highest BCUT2D eigenvalue weighted by Gasteiger charge is 2.57. The molecule has 2 N–H and O–H groups in total. The number of piperidine rings is 1. The molecule has 3 aliphatic rings. The van der Waals surface area contributed by atoms with Gasteiger partial charge >= 0.3 is 0 Å². The maximum absolute atomic E-state index is 13.0. The smallest absolute Gasteiger partial charge is 0.224 e. The first-order chi connectivity index (χ1) is 11.3. The molecule has 0 radical (unpaired) electrons. The van der Waals surface area contributed by atoms with Gasteiger partial charge < -0.3 is 15.5 Å². The third-order valence-corrected chi connectivity index (χ3v) is 6.69. The van der Waals surface area contributed by atoms with Crippen LogP contribution in [-0.2, 0) is 11.3 Å². The van der Waals surface area contributed by atoms with Crippen molar-refractivity contribution in [3.05, 3.63) is 22.4 Å². The van der Waals surface area contributed by atoms with E-state index in [-0.39, 0.29) is 0 Å². The number of nitrogens with one attached hydrogen (secondary N) is 2. The van der Waals surface area contributed by atoms with Crippen molar-refractivity contribution in [1.82, 2.24) is 15.5 Å². The van der Waals surface area contributed by atoms with Crippen LogP contribution in [0.4, 0.5) is 0 Å². The Morgan fingerprint density at radius 1 is 1.35 bits per heavy atom. The molecule has 2 unspecified atom stereocenters. The summed E-state index contributed by atoms with van der Waals surface area (Å²) in [5, 5.41) is 11.2. The fourth-order valence-corrected chi connectivity index (χ4v) is 5.10. The molecule has 1 amide bonds. The third-order valence-electron chi connectivity index (χ3n) is 5.96. The van der Waals surface area contributed by atoms with Gasteiger partial charge in [0, 0.05) is 25.0 Å². The van der Waals surface area contributed by atoms with Crippen molar-refractivity contribution >= 4 is 17.2 Å². The maximum atomic E-state index is 13.0. The number of carbonyl (C=O) groups excluding carboxylic acids is 1. The average molecular weight is 334 g/mol. The Hall–Kier alpha value is -0.910. The first kappa shape index (κ1) is 15.6. The second-order valence-electron chi connectivity index (χ2n) is 7.48. The summed E-state index contributed by atoms with van der Waals surface area (Å²) in [5.41, 5.74) is 1.71. The Labute approximate surface area is 142 Å². The van der Waals surface area contributed by atoms with E-state index in [0.717, 1.165) is 32.6 Å². The first-order valence-corrected chi connectivity index (χ1v) is 9.96. The molecule has 126 valence electrons. The zero-order chi connectivity index (χ0) is 15.7. The molecule has 4 nitrogen and oxygen atoms in total. The molecule has 1 saturated carbocycles. The molecule has 0 bridgehead atoms. The molecule has 1 spiro atoms. The highest BCUT2D eigenvalue weighted by Crippen LogP contribution is 2.56. The summed E-state index contributed by atoms with van der Waals surface area (Å²) in [6.45, 7) is 4.10. The normalized spacial score (nSPS) is 28.9. The van der Waals surface area contributed by atoms with Gasteiger partial charge in [-0.15, -0.1) is 0 Å². The van der Waals surface area contributed by atoms with Crippen LogP contribution in [0, 0.1) is 5.41 Å². The van der Waals surface area contributed by atoms with Crippen LogP contribution in [0.25, 0.3) is 0 Å². The zero-order valence-electron chi connectivity index (χ0n) is 13.7. The molecule has 1 aromatic rings. The van der Waals surface area contributed by atoms with Gasteiger partial charge in [0.2, 0.25) is 5.91 Å². The van der Waals surface area contributed by atoms with E-state index in [1.807, 2.05) is 0 Å². The lowest BCUT2D eigenvalue weighted by Gasteiger charge is -2.30. The van der Waals surface area contributed by atoms with Crippen LogP contribution in [0.3, 0.4) is 0 Å². The van der Waals surface area contributed by atoms with Gasteiger partial charge in [-0.25, -0.2) is 0 Å². The summed E-state index contributed by atoms with van der Waals surface area (Å²) >= 11 is 1.73. The van der Waals surface area contributed by atoms with Gasteiger partial charge in [-0.3, -0.25) is 4.79 Å². The van der Waals surface area contributed by atoms with Gasteiger partial charge in [-0.2, -0.15) is 11.3 Å². The average Bonchev–Trinajstić information content (AvgIpc) is 2.99. The van der Waals surface area contributed by atoms with Crippen LogP contribution in [-0.4, -0.2) is 42.5 Å². The Balaban J connectivity index is 1.46. The number of carbonyl (C=O) groups is 1. The summed E-state index contributed by atoms with van der Waals surface area (Å²) in [4.78, 5) is 15.2. The van der Waals surface area contributed by atoms with Crippen molar-refractivity contribution in [3.63, 3.8) is 0 Å². The Morgan fingerprint density at radius 3 is 2.91 bits per heavy atom. The predicted octanol–water partition coefficient (Wildman–Crippen LogP) is 2.36. The SMILES string of the molecule is O=C(CC1CCCN1)N(Cc1ccsc1)C1CC12CCNCC2. The number of nitrogens with zero attached hydrogens (tertiary/aromatic N) is 1. The molecule has 1 aliphatic carbocycles. The number of hydrogen-bond donors (Lipinski definition) is 2. The fourth-order valence-electron chi connectivity index (χ4n) is 4.44. The lowest BCUT2D eigenvalue weighted by molar-refractivity contribution is -0.133. The van der Waals surface area contributed by atoms with E-state index < -0.39 is 0 Å². The van der Waals surface area contributed by atoms with Crippen molar-refractivity contribution in [1.29, 1.82) is 0 Å². The minimum absolute atomic E-state index is 0.357. The molecule has 3 fully saturated rings. The van der Waals surface area contributed by atoms with Crippen molar-refractivity contribution < 1.29 is 4.79 Å². The molecule has 2 aliphatic heterocycles. The van der Waals surface area contributed by atoms with Crippen molar-refractivity contribution in [2.24, 2.45) is 5.41 Å². The molecule has 2 saturated heterocycles. The van der Waals surface area contributed by atoms with Crippen LogP contribution in [0.15, 0.2) is 16.8 Å². The summed E-state index contributed by atoms with van der Waals surface area (Å²) < 4.78 is 0. The van der Waals surface area contributed by atoms with Crippen LogP contribution in [0.2, 0.25) is 0 Å². The highest BCUT2D eigenvalue weighted by atomic mass is 32.1. The molecule has 5 heteroatoms. The largest absolute Gasteiger partial charge is 0.335 e. The lowest BCUT2D eigenvalue weighted by Crippen LogP contribution is -2.41. The van der Waals surface area contributed by atoms with Crippen molar-refractivity contribution in [3.8, 4) is 0 Å². The predicted molar refractivity (Wildman–Crippen MR) is 93.5 cm³/mol.